The average Bonchev–Trinajstić information content (AvgIpc) is 3.58. The lowest BCUT2D eigenvalue weighted by Gasteiger charge is -2.33. The lowest BCUT2D eigenvalue weighted by molar-refractivity contribution is -0.178. The van der Waals surface area contributed by atoms with E-state index in [-0.39, 0.29) is 17.0 Å². The van der Waals surface area contributed by atoms with Crippen LogP contribution in [0.1, 0.15) is 38.3 Å². The summed E-state index contributed by atoms with van der Waals surface area (Å²) in [5.41, 5.74) is 0.181. The molecule has 0 spiro atoms. The van der Waals surface area contributed by atoms with Crippen molar-refractivity contribution in [1.29, 1.82) is 0 Å². The minimum atomic E-state index is -5.29. The van der Waals surface area contributed by atoms with E-state index in [1.807, 2.05) is 0 Å². The molecule has 0 bridgehead atoms. The van der Waals surface area contributed by atoms with Gasteiger partial charge in [0.25, 0.3) is 0 Å². The molecule has 1 aliphatic heterocycles. The zero-order valence-electron chi connectivity index (χ0n) is 20.9. The largest absolute Gasteiger partial charge is 0.411 e. The second-order valence-corrected chi connectivity index (χ2v) is 12.0. The molecule has 4 rings (SSSR count). The number of alkyl halides is 3. The summed E-state index contributed by atoms with van der Waals surface area (Å²) in [6.07, 6.45) is -5.97. The predicted octanol–water partition coefficient (Wildman–Crippen LogP) is 1.31. The zero-order valence-corrected chi connectivity index (χ0v) is 22.6. The van der Waals surface area contributed by atoms with Crippen molar-refractivity contribution in [3.8, 4) is 0 Å². The van der Waals surface area contributed by atoms with E-state index in [0.717, 1.165) is 25.7 Å². The summed E-state index contributed by atoms with van der Waals surface area (Å²) < 4.78 is 65.8. The summed E-state index contributed by atoms with van der Waals surface area (Å²) in [5, 5.41) is 36.3. The molecule has 0 radical (unpaired) electrons. The van der Waals surface area contributed by atoms with Crippen LogP contribution in [0.4, 0.5) is 19.0 Å². The van der Waals surface area contributed by atoms with Crippen LogP contribution in [0, 0.1) is 0 Å². The van der Waals surface area contributed by atoms with Crippen molar-refractivity contribution >= 4 is 36.0 Å². The van der Waals surface area contributed by atoms with Gasteiger partial charge in [-0.25, -0.2) is 4.68 Å². The molecule has 226 valence electrons. The van der Waals surface area contributed by atoms with Crippen LogP contribution in [0.15, 0.2) is 6.20 Å². The molecule has 0 unspecified atom stereocenters. The SMILES string of the molecule is O=P(O)(O)[C@@](CO)(CCOCC(F)(F)F)OC[C@H]1O[C@@H](n2ncc3c(NC4CCCC4)nc(Cl)nc32)[C@H](O)[C@@H]1O. The molecule has 5 atom stereocenters. The highest BCUT2D eigenvalue weighted by Crippen LogP contribution is 2.53. The quantitative estimate of drug-likeness (QED) is 0.113. The Morgan fingerprint density at radius 1 is 1.20 bits per heavy atom. The lowest BCUT2D eigenvalue weighted by Crippen LogP contribution is -2.42. The van der Waals surface area contributed by atoms with Gasteiger partial charge in [-0.1, -0.05) is 12.8 Å². The standard InChI is InChI=1S/C21H30ClF3N5O9P/c22-19-28-16(27-11-3-1-2-4-11)12-7-26-30(17(12)29-19)18-15(33)14(32)13(39-18)8-38-20(9-31,40(34,35)36)5-6-37-10-21(23,24)25/h7,11,13-15,18,31-33H,1-6,8-10H2,(H,27,28,29)(H2,34,35,36)/t13-,14-,15-,18-,20-/m1/s1. The number of nitrogens with one attached hydrogen (secondary N) is 1. The van der Waals surface area contributed by atoms with Gasteiger partial charge in [-0.15, -0.1) is 0 Å². The first-order valence-electron chi connectivity index (χ1n) is 12.4. The molecule has 0 amide bonds. The van der Waals surface area contributed by atoms with E-state index in [4.69, 9.17) is 21.1 Å². The molecular formula is C21H30ClF3N5O9P. The minimum absolute atomic E-state index is 0.107. The van der Waals surface area contributed by atoms with Gasteiger partial charge < -0.3 is 44.6 Å². The van der Waals surface area contributed by atoms with Gasteiger partial charge in [-0.2, -0.15) is 28.2 Å². The molecule has 1 aliphatic carbocycles. The number of anilines is 1. The first kappa shape index (κ1) is 31.3. The highest BCUT2D eigenvalue weighted by molar-refractivity contribution is 7.53. The Morgan fingerprint density at radius 3 is 2.52 bits per heavy atom. The smallest absolute Gasteiger partial charge is 0.393 e. The monoisotopic (exact) mass is 619 g/mol. The van der Waals surface area contributed by atoms with Gasteiger partial charge in [0.15, 0.2) is 17.2 Å². The second-order valence-electron chi connectivity index (χ2n) is 9.72. The fraction of sp³-hybridized carbons (Fsp3) is 0.762. The maximum absolute atomic E-state index is 12.4. The number of rotatable bonds is 12. The summed E-state index contributed by atoms with van der Waals surface area (Å²) in [6.45, 7) is -4.51. The molecule has 19 heteroatoms. The normalized spacial score (nSPS) is 26.0. The molecule has 1 saturated carbocycles. The Bertz CT molecular complexity index is 1210. The van der Waals surface area contributed by atoms with Crippen molar-refractivity contribution in [2.75, 3.05) is 31.7 Å². The Morgan fingerprint density at radius 2 is 1.90 bits per heavy atom. The second kappa shape index (κ2) is 12.3. The average molecular weight is 620 g/mol. The number of fused-ring (bicyclic) bond motifs is 1. The van der Waals surface area contributed by atoms with Crippen LogP contribution in [0.25, 0.3) is 11.0 Å². The van der Waals surface area contributed by atoms with Crippen LogP contribution in [-0.4, -0.2) is 107 Å². The molecular weight excluding hydrogens is 590 g/mol. The van der Waals surface area contributed by atoms with Crippen LogP contribution < -0.4 is 5.32 Å². The summed E-state index contributed by atoms with van der Waals surface area (Å²) in [7, 11) is -5.29. The van der Waals surface area contributed by atoms with Crippen molar-refractivity contribution in [3.05, 3.63) is 11.5 Å². The maximum Gasteiger partial charge on any atom is 0.411 e. The van der Waals surface area contributed by atoms with Crippen molar-refractivity contribution in [2.24, 2.45) is 0 Å². The van der Waals surface area contributed by atoms with Gasteiger partial charge >= 0.3 is 13.8 Å². The Kier molecular flexibility index (Phi) is 9.61. The fourth-order valence-corrected chi connectivity index (χ4v) is 5.68. The van der Waals surface area contributed by atoms with Gasteiger partial charge in [-0.3, -0.25) is 4.57 Å². The lowest BCUT2D eigenvalue weighted by atomic mass is 10.1. The molecule has 6 N–H and O–H groups in total. The summed E-state index contributed by atoms with van der Waals surface area (Å²) in [4.78, 5) is 28.0. The van der Waals surface area contributed by atoms with E-state index in [0.29, 0.717) is 11.2 Å². The number of nitrogens with zero attached hydrogens (tertiary/aromatic N) is 4. The topological polar surface area (TPSA) is 202 Å². The Labute approximate surface area is 230 Å². The molecule has 1 saturated heterocycles. The Hall–Kier alpha value is -1.66. The third-order valence-corrected chi connectivity index (χ3v) is 8.62. The highest BCUT2D eigenvalue weighted by atomic mass is 35.5. The van der Waals surface area contributed by atoms with E-state index in [1.165, 1.54) is 10.9 Å². The van der Waals surface area contributed by atoms with Crippen LogP contribution in [-0.2, 0) is 18.8 Å². The number of ether oxygens (including phenoxy) is 3. The van der Waals surface area contributed by atoms with Crippen molar-refractivity contribution in [1.82, 2.24) is 19.7 Å². The molecule has 2 fully saturated rings. The third-order valence-electron chi connectivity index (χ3n) is 6.90. The summed E-state index contributed by atoms with van der Waals surface area (Å²) >= 11 is 6.13. The fourth-order valence-electron chi connectivity index (χ4n) is 4.70. The maximum atomic E-state index is 12.4. The van der Waals surface area contributed by atoms with Crippen LogP contribution in [0.5, 0.6) is 0 Å². The van der Waals surface area contributed by atoms with Crippen molar-refractivity contribution in [3.63, 3.8) is 0 Å². The minimum Gasteiger partial charge on any atom is -0.393 e. The predicted molar refractivity (Wildman–Crippen MR) is 131 cm³/mol. The molecule has 3 heterocycles. The molecule has 40 heavy (non-hydrogen) atoms. The first-order valence-corrected chi connectivity index (χ1v) is 14.4. The van der Waals surface area contributed by atoms with Gasteiger partial charge in [0.1, 0.15) is 30.7 Å². The van der Waals surface area contributed by atoms with E-state index in [1.54, 1.807) is 0 Å². The van der Waals surface area contributed by atoms with Crippen LogP contribution >= 0.6 is 19.2 Å². The van der Waals surface area contributed by atoms with Gasteiger partial charge in [0.2, 0.25) is 5.28 Å². The summed E-state index contributed by atoms with van der Waals surface area (Å²) in [6, 6.07) is 0.189. The number of hydrogen-bond donors (Lipinski definition) is 6. The number of aliphatic hydroxyl groups excluding tert-OH is 3. The molecule has 2 aromatic rings. The van der Waals surface area contributed by atoms with Gasteiger partial charge in [0.05, 0.1) is 31.4 Å². The number of aromatic nitrogens is 4. The highest BCUT2D eigenvalue weighted by Gasteiger charge is 2.51. The Balaban J connectivity index is 1.49. The number of hydrogen-bond acceptors (Lipinski definition) is 11. The van der Waals surface area contributed by atoms with Crippen LogP contribution in [0.3, 0.4) is 0 Å². The molecule has 14 nitrogen and oxygen atoms in total. The van der Waals surface area contributed by atoms with E-state index in [2.05, 4.69) is 25.1 Å². The van der Waals surface area contributed by atoms with E-state index in [9.17, 15) is 42.8 Å². The van der Waals surface area contributed by atoms with Gasteiger partial charge in [-0.05, 0) is 24.4 Å². The third kappa shape index (κ3) is 6.86. The molecule has 2 aliphatic rings. The van der Waals surface area contributed by atoms with Crippen LogP contribution in [0.2, 0.25) is 5.28 Å². The van der Waals surface area contributed by atoms with Gasteiger partial charge in [0, 0.05) is 12.5 Å². The number of halogens is 4. The van der Waals surface area contributed by atoms with E-state index >= 15 is 0 Å². The zero-order chi connectivity index (χ0) is 29.3. The molecule has 0 aromatic carbocycles. The van der Waals surface area contributed by atoms with E-state index < -0.39 is 76.5 Å². The van der Waals surface area contributed by atoms with Crippen molar-refractivity contribution in [2.45, 2.75) is 74.2 Å². The van der Waals surface area contributed by atoms with Crippen molar-refractivity contribution < 1.29 is 57.1 Å². The first-order chi connectivity index (χ1) is 18.7. The summed E-state index contributed by atoms with van der Waals surface area (Å²) in [5.74, 6) is 0.434. The number of aliphatic hydroxyl groups is 3. The molecule has 2 aromatic heterocycles.